The summed E-state index contributed by atoms with van der Waals surface area (Å²) in [5.74, 6) is -6.20. The highest BCUT2D eigenvalue weighted by molar-refractivity contribution is 5.84. The van der Waals surface area contributed by atoms with E-state index in [1.165, 1.54) is 0 Å². The minimum atomic E-state index is -1.28. The second-order valence-corrected chi connectivity index (χ2v) is 19.6. The average molecular weight is 820 g/mol. The van der Waals surface area contributed by atoms with Crippen molar-refractivity contribution in [2.75, 3.05) is 0 Å². The molecule has 4 saturated heterocycles. The third-order valence-corrected chi connectivity index (χ3v) is 15.3. The Morgan fingerprint density at radius 2 is 1.53 bits per heavy atom. The van der Waals surface area contributed by atoms with E-state index in [1.54, 1.807) is 6.92 Å². The molecule has 4 N–H and O–H groups in total. The van der Waals surface area contributed by atoms with Crippen molar-refractivity contribution >= 4 is 17.7 Å². The Morgan fingerprint density at radius 3 is 2.12 bits per heavy atom. The van der Waals surface area contributed by atoms with Crippen LogP contribution in [0.2, 0.25) is 0 Å². The molecule has 5 heterocycles. The number of carbonyl (C=O) groups is 3. The highest BCUT2D eigenvalue weighted by atomic mass is 16.8. The van der Waals surface area contributed by atoms with E-state index >= 15 is 0 Å². The fourth-order valence-corrected chi connectivity index (χ4v) is 11.0. The minimum absolute atomic E-state index is 0.00346. The van der Waals surface area contributed by atoms with Crippen LogP contribution in [-0.4, -0.2) is 98.4 Å². The number of rotatable bonds is 14. The zero-order chi connectivity index (χ0) is 43.1. The van der Waals surface area contributed by atoms with Crippen LogP contribution in [0, 0.1) is 47.3 Å². The van der Waals surface area contributed by atoms with Crippen LogP contribution in [0.5, 0.6) is 0 Å². The van der Waals surface area contributed by atoms with Crippen molar-refractivity contribution < 1.29 is 53.4 Å². The van der Waals surface area contributed by atoms with Crippen LogP contribution in [0.3, 0.4) is 0 Å². The van der Waals surface area contributed by atoms with Gasteiger partial charge in [-0.3, -0.25) is 14.4 Å². The number of hydrogen-bond donors (Lipinski definition) is 4. The topological polar surface area (TPSA) is 170 Å². The van der Waals surface area contributed by atoms with Crippen LogP contribution in [0.4, 0.5) is 0 Å². The summed E-state index contributed by atoms with van der Waals surface area (Å²) in [6, 6.07) is -0.607. The molecule has 0 bridgehead atoms. The summed E-state index contributed by atoms with van der Waals surface area (Å²) in [7, 11) is 0. The van der Waals surface area contributed by atoms with Crippen molar-refractivity contribution in [1.82, 2.24) is 5.32 Å². The Morgan fingerprint density at radius 1 is 0.862 bits per heavy atom. The molecule has 18 atom stereocenters. The molecule has 3 unspecified atom stereocenters. The average Bonchev–Trinajstić information content (AvgIpc) is 3.52. The van der Waals surface area contributed by atoms with Crippen LogP contribution >= 0.6 is 0 Å². The van der Waals surface area contributed by atoms with Gasteiger partial charge in [0.2, 0.25) is 5.91 Å². The van der Waals surface area contributed by atoms with Gasteiger partial charge in [-0.15, -0.1) is 0 Å². The summed E-state index contributed by atoms with van der Waals surface area (Å²) < 4.78 is 34.4. The van der Waals surface area contributed by atoms with E-state index in [0.717, 1.165) is 6.42 Å². The Labute approximate surface area is 347 Å². The van der Waals surface area contributed by atoms with Crippen LogP contribution in [0.15, 0.2) is 12.2 Å². The molecule has 2 spiro atoms. The second-order valence-electron chi connectivity index (χ2n) is 19.6. The molecule has 0 aromatic rings. The molecule has 0 aromatic carbocycles. The minimum Gasteiger partial charge on any atom is -0.481 e. The lowest BCUT2D eigenvalue weighted by molar-refractivity contribution is -0.398. The normalized spacial score (nSPS) is 43.2. The van der Waals surface area contributed by atoms with E-state index in [0.29, 0.717) is 57.8 Å². The lowest BCUT2D eigenvalue weighted by Crippen LogP contribution is -2.66. The number of amides is 1. The molecule has 0 aromatic heterocycles. The highest BCUT2D eigenvalue weighted by Crippen LogP contribution is 2.54. The number of aliphatic hydroxyl groups excluding tert-OH is 1. The first-order valence-corrected chi connectivity index (χ1v) is 22.7. The third kappa shape index (κ3) is 9.00. The number of aliphatic carboxylic acids is 1. The van der Waals surface area contributed by atoms with Crippen molar-refractivity contribution in [2.45, 2.75) is 213 Å². The van der Waals surface area contributed by atoms with Gasteiger partial charge >= 0.3 is 5.97 Å². The fourth-order valence-electron chi connectivity index (χ4n) is 11.0. The second kappa shape index (κ2) is 18.2. The third-order valence-electron chi connectivity index (χ3n) is 15.3. The van der Waals surface area contributed by atoms with E-state index in [2.05, 4.69) is 26.1 Å². The first-order valence-electron chi connectivity index (χ1n) is 22.7. The van der Waals surface area contributed by atoms with E-state index in [4.69, 9.17) is 23.7 Å². The molecule has 12 nitrogen and oxygen atoms in total. The number of ketones is 1. The van der Waals surface area contributed by atoms with Crippen LogP contribution in [0.25, 0.3) is 0 Å². The number of ether oxygens (including phenoxy) is 5. The highest BCUT2D eigenvalue weighted by Gasteiger charge is 2.63. The zero-order valence-electron chi connectivity index (χ0n) is 37.5. The molecular formula is C46H77NO11. The number of carbonyl (C=O) groups excluding carboxylic acids is 2. The number of carboxylic acid groups (broad SMARTS) is 1. The molecule has 58 heavy (non-hydrogen) atoms. The maximum atomic E-state index is 14.6. The number of carboxylic acids is 1. The number of aliphatic hydroxyl groups is 2. The first-order chi connectivity index (χ1) is 27.1. The van der Waals surface area contributed by atoms with Crippen molar-refractivity contribution in [3.8, 4) is 0 Å². The summed E-state index contributed by atoms with van der Waals surface area (Å²) >= 11 is 0. The van der Waals surface area contributed by atoms with Gasteiger partial charge < -0.3 is 44.3 Å². The van der Waals surface area contributed by atoms with E-state index < -0.39 is 76.8 Å². The Bertz CT molecular complexity index is 1490. The molecule has 332 valence electrons. The SMILES string of the molecule is CCC(C(=O)[C@@H](C)[C@@H](O)[C@H](C)[C@@H]1O[C@@H](C(CC)C(=O)O)CC[C@@H]1C)[C@H]1O[C@]2(C=CC(NC(=O)C(C)C)[C@]3(CC[C@@](C)([C@H]4CC[C@](O)(CC)[C@H](C)O4)O3)O2)[C@H](C)C[C@@H]1C. The molecule has 1 amide bonds. The van der Waals surface area contributed by atoms with Gasteiger partial charge in [0.1, 0.15) is 11.8 Å². The Kier molecular flexibility index (Phi) is 14.8. The van der Waals surface area contributed by atoms with Gasteiger partial charge in [0.25, 0.3) is 0 Å². The maximum absolute atomic E-state index is 14.6. The largest absolute Gasteiger partial charge is 0.481 e. The smallest absolute Gasteiger partial charge is 0.309 e. The van der Waals surface area contributed by atoms with Gasteiger partial charge in [-0.05, 0) is 89.5 Å². The fraction of sp³-hybridized carbons (Fsp3) is 0.891. The van der Waals surface area contributed by atoms with E-state index in [1.807, 2.05) is 67.5 Å². The predicted octanol–water partition coefficient (Wildman–Crippen LogP) is 6.97. The van der Waals surface area contributed by atoms with Crippen molar-refractivity contribution in [2.24, 2.45) is 47.3 Å². The summed E-state index contributed by atoms with van der Waals surface area (Å²) in [4.78, 5) is 39.8. The Hall–Kier alpha value is -1.93. The Balaban J connectivity index is 1.38. The van der Waals surface area contributed by atoms with Crippen LogP contribution < -0.4 is 5.32 Å². The van der Waals surface area contributed by atoms with Gasteiger partial charge in [-0.1, -0.05) is 75.3 Å². The van der Waals surface area contributed by atoms with Gasteiger partial charge in [0.05, 0.1) is 53.7 Å². The summed E-state index contributed by atoms with van der Waals surface area (Å²) in [6.07, 6.45) is 6.80. The lowest BCUT2D eigenvalue weighted by Gasteiger charge is -2.55. The van der Waals surface area contributed by atoms with Gasteiger partial charge in [-0.25, -0.2) is 0 Å². The molecule has 0 radical (unpaired) electrons. The summed E-state index contributed by atoms with van der Waals surface area (Å²) in [6.45, 7) is 23.4. The number of nitrogens with one attached hydrogen (secondary N) is 1. The quantitative estimate of drug-likeness (QED) is 0.134. The zero-order valence-corrected chi connectivity index (χ0v) is 37.5. The molecule has 5 aliphatic heterocycles. The molecular weight excluding hydrogens is 743 g/mol. The van der Waals surface area contributed by atoms with E-state index in [9.17, 15) is 29.7 Å². The molecule has 5 rings (SSSR count). The predicted molar refractivity (Wildman–Crippen MR) is 219 cm³/mol. The molecule has 5 aliphatic rings. The van der Waals surface area contributed by atoms with Crippen molar-refractivity contribution in [3.63, 3.8) is 0 Å². The molecule has 0 aliphatic carbocycles. The van der Waals surface area contributed by atoms with Crippen molar-refractivity contribution in [1.29, 1.82) is 0 Å². The van der Waals surface area contributed by atoms with Gasteiger partial charge in [-0.2, -0.15) is 0 Å². The number of Topliss-reactive ketones (excluding diaryl/α,β-unsaturated/α-hetero) is 1. The summed E-state index contributed by atoms with van der Waals surface area (Å²) in [5.41, 5.74) is -1.66. The van der Waals surface area contributed by atoms with Crippen molar-refractivity contribution in [3.05, 3.63) is 12.2 Å². The number of hydrogen-bond acceptors (Lipinski definition) is 10. The van der Waals surface area contributed by atoms with Gasteiger partial charge in [0.15, 0.2) is 11.6 Å². The van der Waals surface area contributed by atoms with Crippen LogP contribution in [-0.2, 0) is 38.1 Å². The van der Waals surface area contributed by atoms with Gasteiger partial charge in [0, 0.05) is 36.0 Å². The summed E-state index contributed by atoms with van der Waals surface area (Å²) in [5, 5.41) is 36.0. The lowest BCUT2D eigenvalue weighted by atomic mass is 9.72. The molecule has 4 fully saturated rings. The maximum Gasteiger partial charge on any atom is 0.309 e. The molecule has 12 heteroatoms. The standard InChI is InChI=1S/C46H77NO11/c1-13-32(42(51)52)34-17-16-26(6)39(55-34)30(10)37(48)29(9)38(49)33(14-2)40-27(7)24-28(8)45(56-40)21-18-35(47-41(50)25(4)5)46(58-45)23-22-43(12,57-46)36-19-20-44(53,15-3)31(11)54-36/h18,21,25-37,39-40,48,53H,13-17,19-20,22-24H2,1-12H3,(H,47,50)(H,51,52)/t26-,27-,28+,29-,30-,31-,32?,33?,34+,35?,36+,37+,39+,40-,43-,44+,45-,46-/m0/s1. The van der Waals surface area contributed by atoms with Crippen LogP contribution in [0.1, 0.15) is 147 Å². The first kappa shape index (κ1) is 47.1. The van der Waals surface area contributed by atoms with E-state index in [-0.39, 0.29) is 53.7 Å². The monoisotopic (exact) mass is 820 g/mol. The molecule has 0 saturated carbocycles.